The van der Waals surface area contributed by atoms with Crippen LogP contribution >= 0.6 is 0 Å². The number of benzene rings is 1. The highest BCUT2D eigenvalue weighted by Gasteiger charge is 2.39. The van der Waals surface area contributed by atoms with Crippen LogP contribution in [0.1, 0.15) is 36.9 Å². The van der Waals surface area contributed by atoms with E-state index in [1.54, 1.807) is 4.68 Å². The van der Waals surface area contributed by atoms with Crippen molar-refractivity contribution in [3.05, 3.63) is 53.9 Å². The van der Waals surface area contributed by atoms with Crippen molar-refractivity contribution in [3.8, 4) is 0 Å². The fourth-order valence-electron chi connectivity index (χ4n) is 4.46. The molecule has 2 fully saturated rings. The molecule has 2 aliphatic rings. The molecule has 1 aromatic heterocycles. The summed E-state index contributed by atoms with van der Waals surface area (Å²) in [5.41, 5.74) is 1.69. The molecule has 2 saturated heterocycles. The molecule has 30 heavy (non-hydrogen) atoms. The smallest absolute Gasteiger partial charge is 0.225 e. The molecule has 3 heterocycles. The summed E-state index contributed by atoms with van der Waals surface area (Å²) in [6.07, 6.45) is 4.53. The maximum Gasteiger partial charge on any atom is 0.225 e. The summed E-state index contributed by atoms with van der Waals surface area (Å²) in [6.45, 7) is 4.90. The van der Waals surface area contributed by atoms with Crippen molar-refractivity contribution in [3.63, 3.8) is 0 Å². The number of ether oxygens (including phenoxy) is 1. The molecular weight excluding hydrogens is 380 g/mol. The third kappa shape index (κ3) is 4.56. The molecule has 0 aliphatic carbocycles. The molecule has 2 aromatic rings. The molecule has 2 amide bonds. The van der Waals surface area contributed by atoms with Crippen molar-refractivity contribution in [1.29, 1.82) is 0 Å². The molecule has 4 rings (SSSR count). The van der Waals surface area contributed by atoms with Gasteiger partial charge in [-0.1, -0.05) is 30.3 Å². The zero-order chi connectivity index (χ0) is 21.0. The van der Waals surface area contributed by atoms with E-state index in [0.717, 1.165) is 24.1 Å². The summed E-state index contributed by atoms with van der Waals surface area (Å²) in [6, 6.07) is 12.1. The first-order valence-corrected chi connectivity index (χ1v) is 10.8. The van der Waals surface area contributed by atoms with Gasteiger partial charge >= 0.3 is 0 Å². The number of aryl methyl sites for hydroxylation is 2. The summed E-state index contributed by atoms with van der Waals surface area (Å²) in [5, 5.41) is 7.67. The van der Waals surface area contributed by atoms with E-state index in [0.29, 0.717) is 45.7 Å². The number of carbonyl (C=O) groups is 2. The van der Waals surface area contributed by atoms with Crippen LogP contribution in [-0.4, -0.2) is 52.8 Å². The lowest BCUT2D eigenvalue weighted by molar-refractivity contribution is -0.131. The van der Waals surface area contributed by atoms with Crippen molar-refractivity contribution in [2.75, 3.05) is 26.3 Å². The van der Waals surface area contributed by atoms with Crippen molar-refractivity contribution in [2.45, 2.75) is 44.7 Å². The highest BCUT2D eigenvalue weighted by Crippen LogP contribution is 2.33. The summed E-state index contributed by atoms with van der Waals surface area (Å²) >= 11 is 0. The predicted octanol–water partition coefficient (Wildman–Crippen LogP) is 2.25. The Bertz CT molecular complexity index is 874. The zero-order valence-corrected chi connectivity index (χ0v) is 17.5. The van der Waals surface area contributed by atoms with E-state index in [2.05, 4.69) is 22.5 Å². The highest BCUT2D eigenvalue weighted by atomic mass is 16.5. The Hall–Kier alpha value is -2.67. The van der Waals surface area contributed by atoms with E-state index in [-0.39, 0.29) is 23.3 Å². The minimum absolute atomic E-state index is 0.0405. The number of nitrogens with zero attached hydrogens (tertiary/aromatic N) is 3. The van der Waals surface area contributed by atoms with Gasteiger partial charge in [0, 0.05) is 45.5 Å². The molecule has 0 radical (unpaired) electrons. The number of likely N-dealkylation sites (tertiary alicyclic amines) is 1. The van der Waals surface area contributed by atoms with Crippen LogP contribution in [0.4, 0.5) is 0 Å². The molecule has 1 aromatic carbocycles. The SMILES string of the molecule is Cc1ccn(CCC(=O)N2CCC(C(=O)NC3(c4ccccc4)CCOCC3)C2)n1. The number of aromatic nitrogens is 2. The van der Waals surface area contributed by atoms with Gasteiger partial charge in [-0.05, 0) is 37.8 Å². The molecular formula is C23H30N4O3. The van der Waals surface area contributed by atoms with Gasteiger partial charge in [0.25, 0.3) is 0 Å². The topological polar surface area (TPSA) is 76.5 Å². The van der Waals surface area contributed by atoms with Crippen molar-refractivity contribution in [1.82, 2.24) is 20.0 Å². The Morgan fingerprint density at radius 3 is 2.67 bits per heavy atom. The van der Waals surface area contributed by atoms with Crippen LogP contribution in [0.5, 0.6) is 0 Å². The van der Waals surface area contributed by atoms with Gasteiger partial charge in [-0.25, -0.2) is 0 Å². The second-order valence-corrected chi connectivity index (χ2v) is 8.35. The third-order valence-corrected chi connectivity index (χ3v) is 6.28. The maximum absolute atomic E-state index is 13.1. The molecule has 160 valence electrons. The van der Waals surface area contributed by atoms with Crippen LogP contribution in [0.2, 0.25) is 0 Å². The quantitative estimate of drug-likeness (QED) is 0.793. The van der Waals surface area contributed by atoms with E-state index in [4.69, 9.17) is 4.74 Å². The monoisotopic (exact) mass is 410 g/mol. The van der Waals surface area contributed by atoms with E-state index in [9.17, 15) is 9.59 Å². The predicted molar refractivity (Wildman–Crippen MR) is 113 cm³/mol. The van der Waals surface area contributed by atoms with Gasteiger partial charge in [-0.2, -0.15) is 5.10 Å². The average molecular weight is 411 g/mol. The molecule has 0 saturated carbocycles. The Kier molecular flexibility index (Phi) is 6.18. The number of rotatable bonds is 6. The van der Waals surface area contributed by atoms with E-state index < -0.39 is 0 Å². The minimum atomic E-state index is -0.383. The third-order valence-electron chi connectivity index (χ3n) is 6.28. The molecule has 1 atom stereocenters. The number of hydrogen-bond donors (Lipinski definition) is 1. The Morgan fingerprint density at radius 2 is 1.97 bits per heavy atom. The maximum atomic E-state index is 13.1. The molecule has 2 aliphatic heterocycles. The van der Waals surface area contributed by atoms with Crippen LogP contribution in [0.25, 0.3) is 0 Å². The first-order chi connectivity index (χ1) is 14.6. The largest absolute Gasteiger partial charge is 0.381 e. The molecule has 7 nitrogen and oxygen atoms in total. The molecule has 0 bridgehead atoms. The minimum Gasteiger partial charge on any atom is -0.381 e. The van der Waals surface area contributed by atoms with Gasteiger partial charge in [0.15, 0.2) is 0 Å². The fraction of sp³-hybridized carbons (Fsp3) is 0.522. The van der Waals surface area contributed by atoms with Gasteiger partial charge < -0.3 is 15.0 Å². The van der Waals surface area contributed by atoms with Gasteiger partial charge in [0.2, 0.25) is 11.8 Å². The molecule has 7 heteroatoms. The first kappa shape index (κ1) is 20.6. The summed E-state index contributed by atoms with van der Waals surface area (Å²) in [7, 11) is 0. The van der Waals surface area contributed by atoms with Crippen LogP contribution in [0, 0.1) is 12.8 Å². The first-order valence-electron chi connectivity index (χ1n) is 10.8. The highest BCUT2D eigenvalue weighted by molar-refractivity contribution is 5.82. The number of carbonyl (C=O) groups excluding carboxylic acids is 2. The second-order valence-electron chi connectivity index (χ2n) is 8.35. The Labute approximate surface area is 177 Å². The van der Waals surface area contributed by atoms with Gasteiger partial charge in [-0.3, -0.25) is 14.3 Å². The van der Waals surface area contributed by atoms with Crippen LogP contribution in [-0.2, 0) is 26.4 Å². The number of nitrogens with one attached hydrogen (secondary N) is 1. The van der Waals surface area contributed by atoms with Gasteiger partial charge in [0.1, 0.15) is 0 Å². The van der Waals surface area contributed by atoms with Crippen LogP contribution < -0.4 is 5.32 Å². The van der Waals surface area contributed by atoms with Crippen molar-refractivity contribution in [2.24, 2.45) is 5.92 Å². The van der Waals surface area contributed by atoms with Gasteiger partial charge in [-0.15, -0.1) is 0 Å². The Balaban J connectivity index is 1.35. The van der Waals surface area contributed by atoms with Crippen LogP contribution in [0.15, 0.2) is 42.6 Å². The normalized spacial score (nSPS) is 20.8. The standard InChI is InChI=1S/C23H30N4O3/c1-18-7-13-27(25-18)14-9-21(28)26-12-8-19(17-26)22(29)24-23(10-15-30-16-11-23)20-5-3-2-4-6-20/h2-7,13,19H,8-12,14-17H2,1H3,(H,24,29). The lowest BCUT2D eigenvalue weighted by Gasteiger charge is -2.39. The van der Waals surface area contributed by atoms with E-state index in [1.807, 2.05) is 42.3 Å². The summed E-state index contributed by atoms with van der Waals surface area (Å²) < 4.78 is 7.35. The van der Waals surface area contributed by atoms with Crippen molar-refractivity contribution >= 4 is 11.8 Å². The summed E-state index contributed by atoms with van der Waals surface area (Å²) in [5.74, 6) is -0.0367. The Morgan fingerprint density at radius 1 is 1.20 bits per heavy atom. The lowest BCUT2D eigenvalue weighted by atomic mass is 9.82. The number of amides is 2. The molecule has 1 unspecified atom stereocenters. The number of hydrogen-bond acceptors (Lipinski definition) is 4. The van der Waals surface area contributed by atoms with Crippen molar-refractivity contribution < 1.29 is 14.3 Å². The van der Waals surface area contributed by atoms with E-state index >= 15 is 0 Å². The lowest BCUT2D eigenvalue weighted by Crippen LogP contribution is -2.51. The fourth-order valence-corrected chi connectivity index (χ4v) is 4.46. The van der Waals surface area contributed by atoms with E-state index in [1.165, 1.54) is 0 Å². The molecule has 0 spiro atoms. The van der Waals surface area contributed by atoms with Gasteiger partial charge in [0.05, 0.1) is 17.2 Å². The zero-order valence-electron chi connectivity index (χ0n) is 17.5. The molecule has 1 N–H and O–H groups in total. The average Bonchev–Trinajstić information content (AvgIpc) is 3.43. The summed E-state index contributed by atoms with van der Waals surface area (Å²) in [4.78, 5) is 27.6. The van der Waals surface area contributed by atoms with Crippen LogP contribution in [0.3, 0.4) is 0 Å². The second kappa shape index (κ2) is 9.00.